The monoisotopic (exact) mass is 504 g/mol. The van der Waals surface area contributed by atoms with E-state index in [9.17, 15) is 8.78 Å². The van der Waals surface area contributed by atoms with Crippen molar-refractivity contribution in [2.24, 2.45) is 5.92 Å². The average Bonchev–Trinajstić information content (AvgIpc) is 2.94. The summed E-state index contributed by atoms with van der Waals surface area (Å²) in [5.41, 5.74) is 3.57. The SMILES string of the molecule is CCCCCc1ccc(-c2ccc(-c3ccc(OCCCCCC4CCCCC4)cc3)cc2)c(F)c1F. The number of hydrogen-bond acceptors (Lipinski definition) is 1. The summed E-state index contributed by atoms with van der Waals surface area (Å²) in [5.74, 6) is 0.399. The Bertz CT molecular complexity index is 1080. The maximum absolute atomic E-state index is 14.8. The molecule has 0 N–H and O–H groups in total. The summed E-state index contributed by atoms with van der Waals surface area (Å²) in [6, 6.07) is 19.2. The molecular weight excluding hydrogens is 462 g/mol. The second-order valence-corrected chi connectivity index (χ2v) is 10.7. The summed E-state index contributed by atoms with van der Waals surface area (Å²) in [4.78, 5) is 0. The van der Waals surface area contributed by atoms with Crippen LogP contribution in [0.1, 0.15) is 89.5 Å². The van der Waals surface area contributed by atoms with Crippen LogP contribution in [0.4, 0.5) is 8.78 Å². The lowest BCUT2D eigenvalue weighted by molar-refractivity contribution is 0.293. The first-order chi connectivity index (χ1) is 18.2. The smallest absolute Gasteiger partial charge is 0.166 e. The van der Waals surface area contributed by atoms with Gasteiger partial charge in [-0.2, -0.15) is 0 Å². The molecule has 3 aromatic rings. The highest BCUT2D eigenvalue weighted by Gasteiger charge is 2.15. The third-order valence-corrected chi connectivity index (χ3v) is 7.85. The zero-order chi connectivity index (χ0) is 25.9. The molecule has 0 aliphatic heterocycles. The van der Waals surface area contributed by atoms with Gasteiger partial charge in [0, 0.05) is 5.56 Å². The molecule has 1 nitrogen and oxygen atoms in total. The first-order valence-corrected chi connectivity index (χ1v) is 14.5. The summed E-state index contributed by atoms with van der Waals surface area (Å²) in [6.45, 7) is 2.87. The van der Waals surface area contributed by atoms with Crippen molar-refractivity contribution in [2.45, 2.75) is 90.4 Å². The number of rotatable bonds is 13. The molecular formula is C34H42F2O. The lowest BCUT2D eigenvalue weighted by atomic mass is 9.86. The highest BCUT2D eigenvalue weighted by molar-refractivity contribution is 5.71. The van der Waals surface area contributed by atoms with Crippen LogP contribution in [0.2, 0.25) is 0 Å². The molecule has 0 unspecified atom stereocenters. The molecule has 1 saturated carbocycles. The van der Waals surface area contributed by atoms with E-state index >= 15 is 0 Å². The standard InChI is InChI=1S/C34H42F2O/c1-2-3-6-14-30-21-24-32(34(36)33(30)35)29-17-15-27(16-18-29)28-19-22-31(23-20-28)37-25-10-5-9-13-26-11-7-4-8-12-26/h15-24,26H,2-14,25H2,1H3. The second-order valence-electron chi connectivity index (χ2n) is 10.7. The van der Waals surface area contributed by atoms with E-state index < -0.39 is 11.6 Å². The Morgan fingerprint density at radius 3 is 2.05 bits per heavy atom. The predicted octanol–water partition coefficient (Wildman–Crippen LogP) is 10.6. The Hall–Kier alpha value is -2.68. The largest absolute Gasteiger partial charge is 0.494 e. The third kappa shape index (κ3) is 7.90. The second kappa shape index (κ2) is 14.3. The van der Waals surface area contributed by atoms with Crippen LogP contribution in [0.15, 0.2) is 60.7 Å². The van der Waals surface area contributed by atoms with Crippen LogP contribution in [0.25, 0.3) is 22.3 Å². The van der Waals surface area contributed by atoms with Crippen molar-refractivity contribution in [3.05, 3.63) is 77.9 Å². The quantitative estimate of drug-likeness (QED) is 0.210. The first-order valence-electron chi connectivity index (χ1n) is 14.5. The van der Waals surface area contributed by atoms with Crippen LogP contribution in [0, 0.1) is 17.6 Å². The van der Waals surface area contributed by atoms with Gasteiger partial charge in [0.25, 0.3) is 0 Å². The fourth-order valence-electron chi connectivity index (χ4n) is 5.53. The van der Waals surface area contributed by atoms with Gasteiger partial charge in [0.15, 0.2) is 11.6 Å². The molecule has 1 aliphatic rings. The van der Waals surface area contributed by atoms with E-state index in [2.05, 4.69) is 19.1 Å². The van der Waals surface area contributed by atoms with E-state index in [0.717, 1.165) is 55.1 Å². The molecule has 1 aliphatic carbocycles. The van der Waals surface area contributed by atoms with Crippen molar-refractivity contribution >= 4 is 0 Å². The number of halogens is 2. The molecule has 0 bridgehead atoms. The number of unbranched alkanes of at least 4 members (excludes halogenated alkanes) is 4. The van der Waals surface area contributed by atoms with Crippen LogP contribution in [-0.4, -0.2) is 6.61 Å². The Labute approximate surface area is 222 Å². The van der Waals surface area contributed by atoms with Gasteiger partial charge in [-0.1, -0.05) is 120 Å². The van der Waals surface area contributed by atoms with Crippen molar-refractivity contribution in [1.82, 2.24) is 0 Å². The molecule has 0 aromatic heterocycles. The minimum absolute atomic E-state index is 0.311. The van der Waals surface area contributed by atoms with E-state index in [1.165, 1.54) is 51.4 Å². The third-order valence-electron chi connectivity index (χ3n) is 7.85. The number of aryl methyl sites for hydroxylation is 1. The van der Waals surface area contributed by atoms with Crippen molar-refractivity contribution in [3.8, 4) is 28.0 Å². The molecule has 0 atom stereocenters. The molecule has 0 heterocycles. The minimum Gasteiger partial charge on any atom is -0.494 e. The van der Waals surface area contributed by atoms with E-state index in [4.69, 9.17) is 4.74 Å². The molecule has 4 rings (SSSR count). The molecule has 0 amide bonds. The minimum atomic E-state index is -0.753. The first kappa shape index (κ1) is 27.4. The van der Waals surface area contributed by atoms with E-state index in [1.807, 2.05) is 36.4 Å². The summed E-state index contributed by atoms with van der Waals surface area (Å²) in [7, 11) is 0. The van der Waals surface area contributed by atoms with Crippen LogP contribution in [0.3, 0.4) is 0 Å². The summed E-state index contributed by atoms with van der Waals surface area (Å²) in [5, 5.41) is 0. The topological polar surface area (TPSA) is 9.23 Å². The molecule has 3 heteroatoms. The Kier molecular flexibility index (Phi) is 10.6. The van der Waals surface area contributed by atoms with Gasteiger partial charge in [0.2, 0.25) is 0 Å². The number of benzene rings is 3. The zero-order valence-corrected chi connectivity index (χ0v) is 22.4. The zero-order valence-electron chi connectivity index (χ0n) is 22.4. The molecule has 1 fully saturated rings. The molecule has 198 valence electrons. The molecule has 0 saturated heterocycles. The van der Waals surface area contributed by atoms with Gasteiger partial charge in [-0.25, -0.2) is 8.78 Å². The predicted molar refractivity (Wildman–Crippen MR) is 151 cm³/mol. The van der Waals surface area contributed by atoms with E-state index in [-0.39, 0.29) is 0 Å². The van der Waals surface area contributed by atoms with Crippen LogP contribution < -0.4 is 4.74 Å². The van der Waals surface area contributed by atoms with Crippen molar-refractivity contribution in [2.75, 3.05) is 6.61 Å². The maximum Gasteiger partial charge on any atom is 0.166 e. The van der Waals surface area contributed by atoms with Gasteiger partial charge in [-0.15, -0.1) is 0 Å². The van der Waals surface area contributed by atoms with Crippen LogP contribution in [0.5, 0.6) is 5.75 Å². The fraction of sp³-hybridized carbons (Fsp3) is 0.471. The maximum atomic E-state index is 14.8. The van der Waals surface area contributed by atoms with Crippen molar-refractivity contribution in [3.63, 3.8) is 0 Å². The van der Waals surface area contributed by atoms with Gasteiger partial charge < -0.3 is 4.74 Å². The summed E-state index contributed by atoms with van der Waals surface area (Å²) < 4.78 is 35.3. The van der Waals surface area contributed by atoms with Crippen molar-refractivity contribution < 1.29 is 13.5 Å². The highest BCUT2D eigenvalue weighted by Crippen LogP contribution is 2.31. The highest BCUT2D eigenvalue weighted by atomic mass is 19.2. The normalized spacial score (nSPS) is 14.1. The van der Waals surface area contributed by atoms with Gasteiger partial charge in [-0.3, -0.25) is 0 Å². The van der Waals surface area contributed by atoms with Crippen LogP contribution in [-0.2, 0) is 6.42 Å². The average molecular weight is 505 g/mol. The van der Waals surface area contributed by atoms with Crippen molar-refractivity contribution in [1.29, 1.82) is 0 Å². The Morgan fingerprint density at radius 1 is 0.676 bits per heavy atom. The van der Waals surface area contributed by atoms with Gasteiger partial charge in [0.05, 0.1) is 6.61 Å². The summed E-state index contributed by atoms with van der Waals surface area (Å²) in [6.07, 6.45) is 15.8. The van der Waals surface area contributed by atoms with Crippen LogP contribution >= 0.6 is 0 Å². The van der Waals surface area contributed by atoms with E-state index in [0.29, 0.717) is 23.1 Å². The van der Waals surface area contributed by atoms with Gasteiger partial charge in [-0.05, 0) is 59.6 Å². The molecule has 3 aromatic carbocycles. The fourth-order valence-corrected chi connectivity index (χ4v) is 5.53. The summed E-state index contributed by atoms with van der Waals surface area (Å²) >= 11 is 0. The number of ether oxygens (including phenoxy) is 1. The Balaban J connectivity index is 1.26. The van der Waals surface area contributed by atoms with Gasteiger partial charge in [0.1, 0.15) is 5.75 Å². The molecule has 0 spiro atoms. The lowest BCUT2D eigenvalue weighted by Crippen LogP contribution is -2.06. The number of hydrogen-bond donors (Lipinski definition) is 0. The van der Waals surface area contributed by atoms with E-state index in [1.54, 1.807) is 12.1 Å². The molecule has 37 heavy (non-hydrogen) atoms. The van der Waals surface area contributed by atoms with Gasteiger partial charge >= 0.3 is 0 Å². The Morgan fingerprint density at radius 2 is 1.35 bits per heavy atom. The molecule has 0 radical (unpaired) electrons. The lowest BCUT2D eigenvalue weighted by Gasteiger charge is -2.21.